The number of nitrogens with one attached hydrogen (secondary N) is 6. The summed E-state index contributed by atoms with van der Waals surface area (Å²) in [5.74, 6) is -1.68. The maximum atomic E-state index is 12.5. The van der Waals surface area contributed by atoms with E-state index in [-0.39, 0.29) is 21.6 Å². The summed E-state index contributed by atoms with van der Waals surface area (Å²) in [6, 6.07) is 3.91. The van der Waals surface area contributed by atoms with Crippen LogP contribution in [0.4, 0.5) is 0 Å². The molecule has 10 atom stereocenters. The second kappa shape index (κ2) is 15.0. The number of hydrazine groups is 2. The van der Waals surface area contributed by atoms with Crippen LogP contribution in [0.5, 0.6) is 0 Å². The van der Waals surface area contributed by atoms with Crippen molar-refractivity contribution < 1.29 is 59.9 Å². The van der Waals surface area contributed by atoms with Crippen molar-refractivity contribution in [3.63, 3.8) is 0 Å². The number of pyridine rings is 1. The minimum absolute atomic E-state index is 0.229. The van der Waals surface area contributed by atoms with E-state index in [0.29, 0.717) is 0 Å². The quantitative estimate of drug-likeness (QED) is 0.102. The normalized spacial score (nSPS) is 32.7. The lowest BCUT2D eigenvalue weighted by molar-refractivity contribution is -0.232. The van der Waals surface area contributed by atoms with Crippen molar-refractivity contribution in [1.82, 2.24) is 37.3 Å². The highest BCUT2D eigenvalue weighted by molar-refractivity contribution is 7.80. The molecular formula is C21H31N7O12S2. The van der Waals surface area contributed by atoms with Crippen LogP contribution in [-0.4, -0.2) is 142 Å². The number of rotatable bonds is 6. The smallest absolute Gasteiger partial charge is 0.288 e. The molecule has 0 bridgehead atoms. The standard InChI is InChI=1S/C21H31N7O12S2/c29-4-8-10(31)12(33)14(35)18(39-8)23-20(41)27-25-16(37)6-2-1-3-7(22-6)17(38)26-28-21(42)24-19-15(36)13(34)11(32)9(5-30)40-19/h1-3,8-15,18-19,29-36H,4-5H2,(H,25,37)(H,26,38)(H2,23,27,41)(H2,24,28,42). The maximum Gasteiger partial charge on any atom is 0.288 e. The van der Waals surface area contributed by atoms with Gasteiger partial charge in [0.2, 0.25) is 0 Å². The number of amides is 2. The molecule has 21 heteroatoms. The number of thiocarbonyl (C=S) groups is 2. The molecule has 2 fully saturated rings. The average molecular weight is 638 g/mol. The molecule has 2 saturated heterocycles. The summed E-state index contributed by atoms with van der Waals surface area (Å²) in [6.07, 6.45) is -14.7. The molecule has 19 nitrogen and oxygen atoms in total. The van der Waals surface area contributed by atoms with Crippen molar-refractivity contribution >= 4 is 46.5 Å². The Kier molecular flexibility index (Phi) is 12.0. The van der Waals surface area contributed by atoms with E-state index in [2.05, 4.69) is 37.3 Å². The molecule has 1 aromatic heterocycles. The largest absolute Gasteiger partial charge is 0.394 e. The second-order valence-corrected chi connectivity index (χ2v) is 9.83. The molecular weight excluding hydrogens is 606 g/mol. The number of nitrogens with zero attached hydrogens (tertiary/aromatic N) is 1. The van der Waals surface area contributed by atoms with E-state index in [1.54, 1.807) is 0 Å². The van der Waals surface area contributed by atoms with Gasteiger partial charge in [0.25, 0.3) is 11.8 Å². The number of ether oxygens (including phenoxy) is 2. The molecule has 0 aliphatic carbocycles. The third-order valence-electron chi connectivity index (χ3n) is 6.12. The van der Waals surface area contributed by atoms with Crippen molar-refractivity contribution in [3.05, 3.63) is 29.6 Å². The summed E-state index contributed by atoms with van der Waals surface area (Å²) in [4.78, 5) is 28.9. The van der Waals surface area contributed by atoms with Gasteiger partial charge in [-0.05, 0) is 36.6 Å². The molecule has 0 saturated carbocycles. The average Bonchev–Trinajstić information content (AvgIpc) is 2.99. The Morgan fingerprint density at radius 1 is 0.667 bits per heavy atom. The fraction of sp³-hybridized carbons (Fsp3) is 0.571. The second-order valence-electron chi connectivity index (χ2n) is 9.01. The van der Waals surface area contributed by atoms with Gasteiger partial charge in [0.1, 0.15) is 60.2 Å². The van der Waals surface area contributed by atoms with Gasteiger partial charge in [-0.25, -0.2) is 4.98 Å². The lowest BCUT2D eigenvalue weighted by Gasteiger charge is -2.40. The highest BCUT2D eigenvalue weighted by Crippen LogP contribution is 2.20. The van der Waals surface area contributed by atoms with Gasteiger partial charge in [0.15, 0.2) is 22.7 Å². The predicted molar refractivity (Wildman–Crippen MR) is 144 cm³/mol. The summed E-state index contributed by atoms with van der Waals surface area (Å²) >= 11 is 10.0. The molecule has 0 radical (unpaired) electrons. The van der Waals surface area contributed by atoms with E-state index in [4.69, 9.17) is 33.9 Å². The summed E-state index contributed by atoms with van der Waals surface area (Å²) in [7, 11) is 0. The summed E-state index contributed by atoms with van der Waals surface area (Å²) in [5, 5.41) is 82.4. The monoisotopic (exact) mass is 637 g/mol. The number of carbonyl (C=O) groups is 2. The van der Waals surface area contributed by atoms with E-state index in [1.165, 1.54) is 18.2 Å². The molecule has 0 aromatic carbocycles. The molecule has 42 heavy (non-hydrogen) atoms. The van der Waals surface area contributed by atoms with Crippen molar-refractivity contribution in [2.24, 2.45) is 0 Å². The number of aliphatic hydroxyl groups is 8. The first-order valence-corrected chi connectivity index (χ1v) is 13.0. The van der Waals surface area contributed by atoms with Gasteiger partial charge < -0.3 is 61.0 Å². The van der Waals surface area contributed by atoms with E-state index in [0.717, 1.165) is 0 Å². The first-order valence-electron chi connectivity index (χ1n) is 12.2. The van der Waals surface area contributed by atoms with Crippen LogP contribution in [0.15, 0.2) is 18.2 Å². The highest BCUT2D eigenvalue weighted by Gasteiger charge is 2.44. The van der Waals surface area contributed by atoms with Crippen LogP contribution in [0.2, 0.25) is 0 Å². The Bertz CT molecular complexity index is 1050. The molecule has 2 aliphatic rings. The van der Waals surface area contributed by atoms with Crippen molar-refractivity contribution in [1.29, 1.82) is 0 Å². The SMILES string of the molecule is O=C(NNC(=S)NC1OC(CO)C(O)C(O)C1O)c1cccc(C(=O)NNC(=S)NC2OC(CO)C(O)C(O)C2O)n1. The Morgan fingerprint density at radius 2 is 1.05 bits per heavy atom. The zero-order valence-corrected chi connectivity index (χ0v) is 23.0. The summed E-state index contributed by atoms with van der Waals surface area (Å²) < 4.78 is 10.5. The minimum Gasteiger partial charge on any atom is -0.394 e. The lowest BCUT2D eigenvalue weighted by atomic mass is 9.98. The maximum absolute atomic E-state index is 12.5. The fourth-order valence-corrected chi connectivity index (χ4v) is 4.15. The number of aliphatic hydroxyl groups excluding tert-OH is 8. The topological polar surface area (TPSA) is 300 Å². The molecule has 3 heterocycles. The molecule has 0 spiro atoms. The van der Waals surface area contributed by atoms with Gasteiger partial charge in [0, 0.05) is 0 Å². The van der Waals surface area contributed by atoms with Crippen molar-refractivity contribution in [3.8, 4) is 0 Å². The fourth-order valence-electron chi connectivity index (χ4n) is 3.81. The molecule has 14 N–H and O–H groups in total. The molecule has 3 rings (SSSR count). The van der Waals surface area contributed by atoms with Gasteiger partial charge in [-0.15, -0.1) is 0 Å². The lowest BCUT2D eigenvalue weighted by Crippen LogP contribution is -2.64. The van der Waals surface area contributed by atoms with E-state index in [9.17, 15) is 50.4 Å². The number of hydrogen-bond donors (Lipinski definition) is 14. The van der Waals surface area contributed by atoms with Gasteiger partial charge in [-0.3, -0.25) is 31.3 Å². The van der Waals surface area contributed by atoms with Crippen LogP contribution in [0.1, 0.15) is 21.0 Å². The van der Waals surface area contributed by atoms with Crippen LogP contribution in [-0.2, 0) is 9.47 Å². The number of carbonyl (C=O) groups excluding carboxylic acids is 2. The van der Waals surface area contributed by atoms with Crippen LogP contribution < -0.4 is 32.3 Å². The van der Waals surface area contributed by atoms with Gasteiger partial charge >= 0.3 is 0 Å². The summed E-state index contributed by atoms with van der Waals surface area (Å²) in [6.45, 7) is -1.29. The third kappa shape index (κ3) is 8.12. The van der Waals surface area contributed by atoms with Gasteiger partial charge in [-0.1, -0.05) is 6.07 Å². The van der Waals surface area contributed by atoms with Crippen molar-refractivity contribution in [2.75, 3.05) is 13.2 Å². The molecule has 234 valence electrons. The van der Waals surface area contributed by atoms with E-state index in [1.807, 2.05) is 0 Å². The predicted octanol–water partition coefficient (Wildman–Crippen LogP) is -7.10. The van der Waals surface area contributed by atoms with Crippen LogP contribution in [0.25, 0.3) is 0 Å². The Hall–Kier alpha value is -2.93. The Labute approximate surface area is 247 Å². The van der Waals surface area contributed by atoms with Crippen molar-refractivity contribution in [2.45, 2.75) is 61.3 Å². The molecule has 1 aromatic rings. The molecule has 2 aliphatic heterocycles. The summed E-state index contributed by atoms with van der Waals surface area (Å²) in [5.41, 5.74) is 8.58. The van der Waals surface area contributed by atoms with E-state index < -0.39 is 86.3 Å². The zero-order chi connectivity index (χ0) is 31.1. The number of hydrogen-bond acceptors (Lipinski definition) is 15. The van der Waals surface area contributed by atoms with Gasteiger partial charge in [0.05, 0.1) is 13.2 Å². The van der Waals surface area contributed by atoms with E-state index >= 15 is 0 Å². The van der Waals surface area contributed by atoms with Gasteiger partial charge in [-0.2, -0.15) is 0 Å². The first-order chi connectivity index (χ1) is 19.9. The first kappa shape index (κ1) is 33.6. The molecule has 10 unspecified atom stereocenters. The van der Waals surface area contributed by atoms with Crippen LogP contribution >= 0.6 is 24.4 Å². The third-order valence-corrected chi connectivity index (χ3v) is 6.56. The van der Waals surface area contributed by atoms with Crippen LogP contribution in [0, 0.1) is 0 Å². The molecule has 2 amide bonds. The zero-order valence-electron chi connectivity index (χ0n) is 21.4. The minimum atomic E-state index is -1.64. The Balaban J connectivity index is 1.48. The van der Waals surface area contributed by atoms with Crippen LogP contribution in [0.3, 0.4) is 0 Å². The highest BCUT2D eigenvalue weighted by atomic mass is 32.1. The number of aromatic nitrogens is 1. The Morgan fingerprint density at radius 3 is 1.40 bits per heavy atom.